The van der Waals surface area contributed by atoms with Crippen molar-refractivity contribution in [3.8, 4) is 0 Å². The summed E-state index contributed by atoms with van der Waals surface area (Å²) in [5.41, 5.74) is 2.56. The SMILES string of the molecule is O=S(=O)(O)c1ccc(CCBr)c(Cl)c1C(c1ccccc1)(c1ccccc1)c1ccccc1. The minimum atomic E-state index is -4.59. The topological polar surface area (TPSA) is 54.4 Å². The second-order valence-corrected chi connectivity index (χ2v) is 10.2. The number of aryl methyl sites for hydroxylation is 1. The van der Waals surface area contributed by atoms with Crippen molar-refractivity contribution in [2.75, 3.05) is 5.33 Å². The van der Waals surface area contributed by atoms with E-state index in [1.165, 1.54) is 6.07 Å². The Kier molecular flexibility index (Phi) is 7.05. The van der Waals surface area contributed by atoms with Gasteiger partial charge in [0.2, 0.25) is 0 Å². The third kappa shape index (κ3) is 4.38. The van der Waals surface area contributed by atoms with Gasteiger partial charge in [0.15, 0.2) is 0 Å². The third-order valence-electron chi connectivity index (χ3n) is 5.82. The van der Waals surface area contributed by atoms with E-state index in [2.05, 4.69) is 15.9 Å². The molecule has 0 aliphatic carbocycles. The van der Waals surface area contributed by atoms with E-state index in [1.54, 1.807) is 6.07 Å². The molecule has 0 atom stereocenters. The molecule has 0 saturated carbocycles. The molecule has 4 aromatic rings. The van der Waals surface area contributed by atoms with Crippen molar-refractivity contribution in [3.63, 3.8) is 0 Å². The summed E-state index contributed by atoms with van der Waals surface area (Å²) in [6.45, 7) is 0. The maximum Gasteiger partial charge on any atom is 0.294 e. The van der Waals surface area contributed by atoms with Gasteiger partial charge in [-0.05, 0) is 34.7 Å². The van der Waals surface area contributed by atoms with E-state index in [4.69, 9.17) is 11.6 Å². The fraction of sp³-hybridized carbons (Fsp3) is 0.111. The number of hydrogen-bond acceptors (Lipinski definition) is 2. The zero-order valence-electron chi connectivity index (χ0n) is 17.7. The first-order chi connectivity index (χ1) is 15.9. The molecule has 0 amide bonds. The van der Waals surface area contributed by atoms with Crippen molar-refractivity contribution in [2.24, 2.45) is 0 Å². The molecule has 0 saturated heterocycles. The van der Waals surface area contributed by atoms with Crippen molar-refractivity contribution in [2.45, 2.75) is 16.7 Å². The van der Waals surface area contributed by atoms with Gasteiger partial charge in [0.05, 0.1) is 5.41 Å². The number of hydrogen-bond donors (Lipinski definition) is 1. The van der Waals surface area contributed by atoms with Crippen LogP contribution in [0, 0.1) is 0 Å². The van der Waals surface area contributed by atoms with E-state index in [1.807, 2.05) is 91.0 Å². The summed E-state index contributed by atoms with van der Waals surface area (Å²) < 4.78 is 35.7. The Morgan fingerprint density at radius 2 is 1.15 bits per heavy atom. The Morgan fingerprint density at radius 1 is 0.727 bits per heavy atom. The monoisotopic (exact) mass is 540 g/mol. The zero-order valence-corrected chi connectivity index (χ0v) is 20.8. The molecule has 0 radical (unpaired) electrons. The van der Waals surface area contributed by atoms with Crippen LogP contribution in [0.2, 0.25) is 5.02 Å². The van der Waals surface area contributed by atoms with Gasteiger partial charge in [0.25, 0.3) is 10.1 Å². The zero-order chi connectivity index (χ0) is 23.5. The van der Waals surface area contributed by atoms with E-state index >= 15 is 0 Å². The van der Waals surface area contributed by atoms with Crippen LogP contribution in [0.5, 0.6) is 0 Å². The summed E-state index contributed by atoms with van der Waals surface area (Å²) in [5.74, 6) is 0. The fourth-order valence-corrected chi connectivity index (χ4v) is 6.10. The number of alkyl halides is 1. The molecule has 0 bridgehead atoms. The number of rotatable bonds is 7. The molecule has 1 N–H and O–H groups in total. The third-order valence-corrected chi connectivity index (χ3v) is 7.55. The van der Waals surface area contributed by atoms with Crippen LogP contribution in [0.15, 0.2) is 108 Å². The normalized spacial score (nSPS) is 12.0. The highest BCUT2D eigenvalue weighted by molar-refractivity contribution is 9.09. The van der Waals surface area contributed by atoms with Crippen molar-refractivity contribution >= 4 is 37.6 Å². The second-order valence-electron chi connectivity index (χ2n) is 7.67. The molecule has 33 heavy (non-hydrogen) atoms. The Hall–Kier alpha value is -2.44. The lowest BCUT2D eigenvalue weighted by atomic mass is 9.65. The van der Waals surface area contributed by atoms with Crippen LogP contribution in [0.4, 0.5) is 0 Å². The van der Waals surface area contributed by atoms with Crippen LogP contribution in [0.25, 0.3) is 0 Å². The van der Waals surface area contributed by atoms with Gasteiger partial charge in [-0.2, -0.15) is 8.42 Å². The fourth-order valence-electron chi connectivity index (χ4n) is 4.46. The maximum atomic E-state index is 12.7. The van der Waals surface area contributed by atoms with Crippen LogP contribution in [-0.2, 0) is 22.0 Å². The minimum Gasteiger partial charge on any atom is -0.282 e. The molecular weight excluding hydrogens is 520 g/mol. The summed E-state index contributed by atoms with van der Waals surface area (Å²) in [6, 6.07) is 32.1. The van der Waals surface area contributed by atoms with Gasteiger partial charge in [-0.1, -0.05) is 125 Å². The highest BCUT2D eigenvalue weighted by atomic mass is 79.9. The molecule has 0 aliphatic heterocycles. The van der Waals surface area contributed by atoms with Crippen LogP contribution >= 0.6 is 27.5 Å². The largest absolute Gasteiger partial charge is 0.294 e. The van der Waals surface area contributed by atoms with E-state index in [0.29, 0.717) is 22.3 Å². The van der Waals surface area contributed by atoms with E-state index in [-0.39, 0.29) is 4.90 Å². The molecule has 0 unspecified atom stereocenters. The molecule has 4 rings (SSSR count). The molecule has 168 valence electrons. The predicted octanol–water partition coefficient (Wildman–Crippen LogP) is 6.91. The second kappa shape index (κ2) is 9.82. The molecule has 0 spiro atoms. The number of halogens is 2. The summed E-state index contributed by atoms with van der Waals surface area (Å²) in [5, 5.41) is 0.980. The van der Waals surface area contributed by atoms with Crippen LogP contribution in [0.3, 0.4) is 0 Å². The molecule has 0 aliphatic rings. The molecule has 4 aromatic carbocycles. The highest BCUT2D eigenvalue weighted by Crippen LogP contribution is 2.50. The first-order valence-corrected chi connectivity index (χ1v) is 13.4. The molecule has 0 fully saturated rings. The van der Waals surface area contributed by atoms with Crippen LogP contribution < -0.4 is 0 Å². The Balaban J connectivity index is 2.29. The summed E-state index contributed by atoms with van der Waals surface area (Å²) in [6.07, 6.45) is 0.603. The predicted molar refractivity (Wildman–Crippen MR) is 137 cm³/mol. The average Bonchev–Trinajstić information content (AvgIpc) is 2.83. The maximum absolute atomic E-state index is 12.7. The molecule has 3 nitrogen and oxygen atoms in total. The van der Waals surface area contributed by atoms with Gasteiger partial charge in [-0.3, -0.25) is 4.55 Å². The van der Waals surface area contributed by atoms with Crippen molar-refractivity contribution in [3.05, 3.63) is 136 Å². The smallest absolute Gasteiger partial charge is 0.282 e. The van der Waals surface area contributed by atoms with Crippen molar-refractivity contribution in [1.29, 1.82) is 0 Å². The van der Waals surface area contributed by atoms with Gasteiger partial charge < -0.3 is 0 Å². The molecule has 0 aromatic heterocycles. The summed E-state index contributed by atoms with van der Waals surface area (Å²) >= 11 is 10.5. The van der Waals surface area contributed by atoms with E-state index < -0.39 is 15.5 Å². The van der Waals surface area contributed by atoms with Gasteiger partial charge in [-0.25, -0.2) is 0 Å². The lowest BCUT2D eigenvalue weighted by molar-refractivity contribution is 0.480. The van der Waals surface area contributed by atoms with Crippen molar-refractivity contribution in [1.82, 2.24) is 0 Å². The Bertz CT molecular complexity index is 1250. The molecule has 0 heterocycles. The minimum absolute atomic E-state index is 0.206. The van der Waals surface area contributed by atoms with Crippen molar-refractivity contribution < 1.29 is 13.0 Å². The lowest BCUT2D eigenvalue weighted by Crippen LogP contribution is -2.33. The first kappa shape index (κ1) is 23.7. The molecule has 6 heteroatoms. The van der Waals surface area contributed by atoms with Gasteiger partial charge in [0, 0.05) is 15.9 Å². The van der Waals surface area contributed by atoms with Gasteiger partial charge in [0.1, 0.15) is 4.90 Å². The lowest BCUT2D eigenvalue weighted by Gasteiger charge is -2.38. The van der Waals surface area contributed by atoms with Crippen LogP contribution in [-0.4, -0.2) is 18.3 Å². The molecular formula is C27H22BrClO3S. The standard InChI is InChI=1S/C27H22BrClO3S/c28-19-18-20-16-17-24(33(30,31)32)25(26(20)29)27(21-10-4-1-5-11-21,22-12-6-2-7-13-22)23-14-8-3-9-15-23/h1-17H,18-19H2,(H,30,31,32). The van der Waals surface area contributed by atoms with Gasteiger partial charge in [-0.15, -0.1) is 0 Å². The average molecular weight is 542 g/mol. The van der Waals surface area contributed by atoms with Crippen LogP contribution in [0.1, 0.15) is 27.8 Å². The summed E-state index contributed by atoms with van der Waals surface area (Å²) in [7, 11) is -4.59. The highest BCUT2D eigenvalue weighted by Gasteiger charge is 2.43. The number of benzene rings is 4. The van der Waals surface area contributed by atoms with E-state index in [0.717, 1.165) is 22.3 Å². The first-order valence-electron chi connectivity index (χ1n) is 10.4. The quantitative estimate of drug-likeness (QED) is 0.157. The Labute approximate surface area is 207 Å². The van der Waals surface area contributed by atoms with Gasteiger partial charge >= 0.3 is 0 Å². The summed E-state index contributed by atoms with van der Waals surface area (Å²) in [4.78, 5) is -0.206. The van der Waals surface area contributed by atoms with E-state index in [9.17, 15) is 13.0 Å². The Morgan fingerprint density at radius 3 is 1.52 bits per heavy atom.